The van der Waals surface area contributed by atoms with Crippen LogP contribution in [0, 0.1) is 17.8 Å². The zero-order chi connectivity index (χ0) is 24.1. The average molecular weight is 487 g/mol. The lowest BCUT2D eigenvalue weighted by molar-refractivity contribution is -0.127. The summed E-state index contributed by atoms with van der Waals surface area (Å²) in [6.45, 7) is 3.30. The van der Waals surface area contributed by atoms with Crippen molar-refractivity contribution >= 4 is 23.5 Å². The smallest absolute Gasteiger partial charge is 0.226 e. The molecule has 1 saturated heterocycles. The number of halogens is 1. The van der Waals surface area contributed by atoms with Crippen LogP contribution >= 0.6 is 11.6 Å². The van der Waals surface area contributed by atoms with Gasteiger partial charge in [0.25, 0.3) is 0 Å². The molecule has 1 saturated carbocycles. The van der Waals surface area contributed by atoms with E-state index in [2.05, 4.69) is 14.9 Å². The highest BCUT2D eigenvalue weighted by atomic mass is 35.5. The first-order chi connectivity index (χ1) is 16.4. The fourth-order valence-corrected chi connectivity index (χ4v) is 5.11. The molecule has 4 rings (SSSR count). The predicted molar refractivity (Wildman–Crippen MR) is 133 cm³/mol. The topological polar surface area (TPSA) is 67.8 Å². The molecule has 1 aromatic carbocycles. The van der Waals surface area contributed by atoms with Gasteiger partial charge in [-0.3, -0.25) is 4.79 Å². The largest absolute Gasteiger partial charge is 0.494 e. The van der Waals surface area contributed by atoms with Crippen LogP contribution in [0.1, 0.15) is 36.8 Å². The Kier molecular flexibility index (Phi) is 8.27. The first kappa shape index (κ1) is 24.7. The van der Waals surface area contributed by atoms with Gasteiger partial charge in [0.2, 0.25) is 11.9 Å². The van der Waals surface area contributed by atoms with E-state index in [9.17, 15) is 4.79 Å². The summed E-state index contributed by atoms with van der Waals surface area (Å²) in [5.41, 5.74) is 1.83. The maximum Gasteiger partial charge on any atom is 0.226 e. The molecule has 1 aliphatic carbocycles. The molecule has 0 spiro atoms. The Morgan fingerprint density at radius 1 is 1.21 bits per heavy atom. The first-order valence-corrected chi connectivity index (χ1v) is 12.5. The van der Waals surface area contributed by atoms with Gasteiger partial charge >= 0.3 is 0 Å². The van der Waals surface area contributed by atoms with Crippen molar-refractivity contribution < 1.29 is 14.3 Å². The van der Waals surface area contributed by atoms with Crippen LogP contribution in [0.25, 0.3) is 0 Å². The number of carbonyl (C=O) groups is 1. The van der Waals surface area contributed by atoms with Crippen molar-refractivity contribution in [1.29, 1.82) is 0 Å². The number of ether oxygens (including phenoxy) is 2. The molecule has 7 nitrogen and oxygen atoms in total. The second-order valence-electron chi connectivity index (χ2n) is 9.66. The second-order valence-corrected chi connectivity index (χ2v) is 10.1. The van der Waals surface area contributed by atoms with E-state index < -0.39 is 0 Å². The molecule has 2 aliphatic rings. The second kappa shape index (κ2) is 11.4. The van der Waals surface area contributed by atoms with E-state index >= 15 is 0 Å². The number of amides is 1. The maximum absolute atomic E-state index is 11.9. The molecule has 0 radical (unpaired) electrons. The molecule has 184 valence electrons. The molecule has 0 unspecified atom stereocenters. The Balaban J connectivity index is 1.16. The van der Waals surface area contributed by atoms with E-state index in [1.807, 2.05) is 30.6 Å². The van der Waals surface area contributed by atoms with E-state index in [4.69, 9.17) is 21.1 Å². The number of piperidine rings is 1. The van der Waals surface area contributed by atoms with E-state index in [0.717, 1.165) is 60.1 Å². The number of nitrogens with zero attached hydrogens (tertiary/aromatic N) is 4. The molecule has 0 N–H and O–H groups in total. The molecule has 2 atom stereocenters. The molecule has 2 aromatic rings. The highest BCUT2D eigenvalue weighted by Crippen LogP contribution is 2.49. The predicted octanol–water partition coefficient (Wildman–Crippen LogP) is 4.23. The van der Waals surface area contributed by atoms with Crippen LogP contribution in [0.2, 0.25) is 5.02 Å². The van der Waals surface area contributed by atoms with E-state index in [1.165, 1.54) is 19.3 Å². The van der Waals surface area contributed by atoms with Gasteiger partial charge in [-0.05, 0) is 61.1 Å². The Bertz CT molecular complexity index is 961. The standard InChI is InChI=1S/C26H35ClN4O3/c1-30(2)25(32)13-21-4-5-22(14-24(21)27)34-11-8-20-12-23(20)19-6-9-31(10-7-19)26-28-15-18(16-29-26)17-33-3/h4-5,14-16,19-20,23H,6-13,17H2,1-3H3/t20-,23-/m0/s1. The van der Waals surface area contributed by atoms with Crippen LogP contribution in [-0.4, -0.2) is 61.7 Å². The van der Waals surface area contributed by atoms with Crippen LogP contribution in [-0.2, 0) is 22.6 Å². The van der Waals surface area contributed by atoms with Gasteiger partial charge in [-0.25, -0.2) is 9.97 Å². The number of methoxy groups -OCH3 is 1. The number of hydrogen-bond donors (Lipinski definition) is 0. The molecular weight excluding hydrogens is 452 g/mol. The Labute approximate surface area is 207 Å². The number of anilines is 1. The third kappa shape index (κ3) is 6.39. The lowest BCUT2D eigenvalue weighted by Crippen LogP contribution is -2.35. The maximum atomic E-state index is 11.9. The lowest BCUT2D eigenvalue weighted by atomic mass is 9.90. The van der Waals surface area contributed by atoms with E-state index in [1.54, 1.807) is 26.1 Å². The fourth-order valence-electron chi connectivity index (χ4n) is 4.87. The van der Waals surface area contributed by atoms with Crippen molar-refractivity contribution in [3.8, 4) is 5.75 Å². The summed E-state index contributed by atoms with van der Waals surface area (Å²) in [6.07, 6.45) is 8.82. The molecule has 1 amide bonds. The third-order valence-corrected chi connectivity index (χ3v) is 7.38. The van der Waals surface area contributed by atoms with Crippen molar-refractivity contribution in [3.05, 3.63) is 46.7 Å². The highest BCUT2D eigenvalue weighted by molar-refractivity contribution is 6.31. The van der Waals surface area contributed by atoms with Crippen LogP contribution in [0.4, 0.5) is 5.95 Å². The average Bonchev–Trinajstić information content (AvgIpc) is 3.61. The molecule has 0 bridgehead atoms. The number of likely N-dealkylation sites (N-methyl/N-ethyl adjacent to an activating group) is 1. The number of aromatic nitrogens is 2. The van der Waals surface area contributed by atoms with Gasteiger partial charge in [0, 0.05) is 57.3 Å². The van der Waals surface area contributed by atoms with Crippen molar-refractivity contribution in [2.45, 2.75) is 38.7 Å². The van der Waals surface area contributed by atoms with Crippen LogP contribution < -0.4 is 9.64 Å². The van der Waals surface area contributed by atoms with Crippen molar-refractivity contribution in [2.75, 3.05) is 45.8 Å². The molecule has 34 heavy (non-hydrogen) atoms. The summed E-state index contributed by atoms with van der Waals surface area (Å²) in [7, 11) is 5.18. The summed E-state index contributed by atoms with van der Waals surface area (Å²) in [6, 6.07) is 5.62. The Morgan fingerprint density at radius 2 is 1.94 bits per heavy atom. The minimum absolute atomic E-state index is 0.0358. The van der Waals surface area contributed by atoms with Crippen LogP contribution in [0.5, 0.6) is 5.75 Å². The van der Waals surface area contributed by atoms with Gasteiger partial charge in [-0.2, -0.15) is 0 Å². The SMILES string of the molecule is COCc1cnc(N2CCC([C@@H]3C[C@@H]3CCOc3ccc(CC(=O)N(C)C)c(Cl)c3)CC2)nc1. The lowest BCUT2D eigenvalue weighted by Gasteiger charge is -2.32. The minimum Gasteiger partial charge on any atom is -0.494 e. The molecule has 2 fully saturated rings. The van der Waals surface area contributed by atoms with Crippen LogP contribution in [0.3, 0.4) is 0 Å². The quantitative estimate of drug-likeness (QED) is 0.500. The normalized spacial score (nSPS) is 20.3. The van der Waals surface area contributed by atoms with Crippen molar-refractivity contribution in [2.24, 2.45) is 17.8 Å². The monoisotopic (exact) mass is 486 g/mol. The molecule has 1 aliphatic heterocycles. The van der Waals surface area contributed by atoms with Crippen LogP contribution in [0.15, 0.2) is 30.6 Å². The Morgan fingerprint density at radius 3 is 2.59 bits per heavy atom. The number of carbonyl (C=O) groups excluding carboxylic acids is 1. The number of hydrogen-bond acceptors (Lipinski definition) is 6. The first-order valence-electron chi connectivity index (χ1n) is 12.1. The minimum atomic E-state index is 0.0358. The highest BCUT2D eigenvalue weighted by Gasteiger charge is 2.43. The fraction of sp³-hybridized carbons (Fsp3) is 0.577. The zero-order valence-corrected chi connectivity index (χ0v) is 21.1. The zero-order valence-electron chi connectivity index (χ0n) is 20.4. The summed E-state index contributed by atoms with van der Waals surface area (Å²) in [5, 5.41) is 0.584. The molecular formula is C26H35ClN4O3. The molecule has 1 aromatic heterocycles. The Hall–Kier alpha value is -2.38. The number of benzene rings is 1. The van der Waals surface area contributed by atoms with Gasteiger partial charge in [-0.1, -0.05) is 17.7 Å². The van der Waals surface area contributed by atoms with Gasteiger partial charge in [0.1, 0.15) is 5.75 Å². The summed E-state index contributed by atoms with van der Waals surface area (Å²) < 4.78 is 11.1. The van der Waals surface area contributed by atoms with Crippen molar-refractivity contribution in [1.82, 2.24) is 14.9 Å². The third-order valence-electron chi connectivity index (χ3n) is 7.03. The van der Waals surface area contributed by atoms with Gasteiger partial charge in [0.05, 0.1) is 19.6 Å². The van der Waals surface area contributed by atoms with Gasteiger partial charge in [-0.15, -0.1) is 0 Å². The molecule has 8 heteroatoms. The summed E-state index contributed by atoms with van der Waals surface area (Å²) in [5.74, 6) is 4.00. The van der Waals surface area contributed by atoms with Gasteiger partial charge in [0.15, 0.2) is 0 Å². The summed E-state index contributed by atoms with van der Waals surface area (Å²) in [4.78, 5) is 24.8. The molecule has 2 heterocycles. The van der Waals surface area contributed by atoms with E-state index in [0.29, 0.717) is 24.7 Å². The van der Waals surface area contributed by atoms with Gasteiger partial charge < -0.3 is 19.3 Å². The van der Waals surface area contributed by atoms with E-state index in [-0.39, 0.29) is 5.91 Å². The van der Waals surface area contributed by atoms with Crippen molar-refractivity contribution in [3.63, 3.8) is 0 Å². The number of rotatable bonds is 10. The summed E-state index contributed by atoms with van der Waals surface area (Å²) >= 11 is 6.37.